The summed E-state index contributed by atoms with van der Waals surface area (Å²) in [7, 11) is 1.50. The van der Waals surface area contributed by atoms with Crippen molar-refractivity contribution >= 4 is 18.4 Å². The van der Waals surface area contributed by atoms with E-state index in [0.29, 0.717) is 17.1 Å². The van der Waals surface area contributed by atoms with Gasteiger partial charge in [0.1, 0.15) is 11.9 Å². The fourth-order valence-electron chi connectivity index (χ4n) is 2.33. The Morgan fingerprint density at radius 1 is 1.33 bits per heavy atom. The van der Waals surface area contributed by atoms with Crippen LogP contribution in [0.2, 0.25) is 0 Å². The van der Waals surface area contributed by atoms with E-state index in [9.17, 15) is 4.39 Å². The van der Waals surface area contributed by atoms with Crippen molar-refractivity contribution in [2.75, 3.05) is 13.7 Å². The highest BCUT2D eigenvalue weighted by molar-refractivity contribution is 7.71. The third kappa shape index (κ3) is 4.02. The second-order valence-electron chi connectivity index (χ2n) is 5.25. The van der Waals surface area contributed by atoms with Crippen molar-refractivity contribution in [3.05, 3.63) is 58.6 Å². The predicted molar refractivity (Wildman–Crippen MR) is 99.9 cm³/mol. The summed E-state index contributed by atoms with van der Waals surface area (Å²) in [4.78, 5) is 0. The van der Waals surface area contributed by atoms with Crippen LogP contribution in [-0.4, -0.2) is 34.8 Å². The Bertz CT molecular complexity index is 1080. The number of nitrogens with zero attached hydrogens (tertiary/aromatic N) is 4. The Morgan fingerprint density at radius 3 is 2.89 bits per heavy atom. The minimum atomic E-state index is -0.427. The Hall–Kier alpha value is -3.51. The Balaban J connectivity index is 1.94. The lowest BCUT2D eigenvalue weighted by molar-refractivity contribution is 0.329. The zero-order valence-corrected chi connectivity index (χ0v) is 15.0. The zero-order valence-electron chi connectivity index (χ0n) is 14.2. The Labute approximate surface area is 159 Å². The molecule has 3 rings (SSSR count). The summed E-state index contributed by atoms with van der Waals surface area (Å²) in [6.45, 7) is -0.0834. The minimum Gasteiger partial charge on any atom is -0.493 e. The highest BCUT2D eigenvalue weighted by Crippen LogP contribution is 2.27. The molecule has 0 aliphatic rings. The van der Waals surface area contributed by atoms with E-state index in [-0.39, 0.29) is 22.8 Å². The molecule has 0 spiro atoms. The molecule has 7 nitrogen and oxygen atoms in total. The average Bonchev–Trinajstić information content (AvgIpc) is 3.05. The zero-order chi connectivity index (χ0) is 19.2. The van der Waals surface area contributed by atoms with E-state index >= 15 is 0 Å². The lowest BCUT2D eigenvalue weighted by Crippen LogP contribution is -1.99. The van der Waals surface area contributed by atoms with Gasteiger partial charge in [-0.25, -0.2) is 9.49 Å². The van der Waals surface area contributed by atoms with Crippen molar-refractivity contribution < 1.29 is 13.9 Å². The highest BCUT2D eigenvalue weighted by Gasteiger charge is 2.12. The van der Waals surface area contributed by atoms with Crippen LogP contribution in [0.1, 0.15) is 5.56 Å². The van der Waals surface area contributed by atoms with Gasteiger partial charge in [-0.1, -0.05) is 12.1 Å². The summed E-state index contributed by atoms with van der Waals surface area (Å²) in [6.07, 6.45) is 1.53. The fourth-order valence-corrected chi connectivity index (χ4v) is 2.51. The third-order valence-electron chi connectivity index (χ3n) is 3.57. The Kier molecular flexibility index (Phi) is 5.58. The maximum Gasteiger partial charge on any atom is 0.216 e. The van der Waals surface area contributed by atoms with E-state index in [1.807, 2.05) is 6.07 Å². The summed E-state index contributed by atoms with van der Waals surface area (Å²) < 4.78 is 26.2. The molecular weight excluding hydrogens is 369 g/mol. The fraction of sp³-hybridized carbons (Fsp3) is 0.111. The van der Waals surface area contributed by atoms with Gasteiger partial charge >= 0.3 is 0 Å². The van der Waals surface area contributed by atoms with Gasteiger partial charge in [0.15, 0.2) is 23.9 Å². The molecule has 27 heavy (non-hydrogen) atoms. The summed E-state index contributed by atoms with van der Waals surface area (Å²) >= 11 is 5.18. The van der Waals surface area contributed by atoms with Crippen molar-refractivity contribution in [2.45, 2.75) is 0 Å². The molecule has 0 fully saturated rings. The summed E-state index contributed by atoms with van der Waals surface area (Å²) in [5.74, 6) is 0.737. The SMILES string of the molecule is COc1cc(/C=N\n2c(-c3ccccc3F)n[nH]c2=S)ccc1OCC#N. The quantitative estimate of drug-likeness (QED) is 0.520. The van der Waals surface area contributed by atoms with E-state index in [0.717, 1.165) is 0 Å². The van der Waals surface area contributed by atoms with Crippen LogP contribution in [0.5, 0.6) is 11.5 Å². The summed E-state index contributed by atoms with van der Waals surface area (Å²) in [5.41, 5.74) is 0.971. The van der Waals surface area contributed by atoms with Crippen LogP contribution in [-0.2, 0) is 0 Å². The molecule has 136 valence electrons. The normalized spacial score (nSPS) is 10.7. The van der Waals surface area contributed by atoms with Crippen LogP contribution >= 0.6 is 12.2 Å². The third-order valence-corrected chi connectivity index (χ3v) is 3.83. The van der Waals surface area contributed by atoms with Gasteiger partial charge in [0.05, 0.1) is 18.9 Å². The molecule has 1 N–H and O–H groups in total. The smallest absolute Gasteiger partial charge is 0.216 e. The van der Waals surface area contributed by atoms with Crippen LogP contribution in [0.15, 0.2) is 47.6 Å². The van der Waals surface area contributed by atoms with Gasteiger partial charge in [0.25, 0.3) is 0 Å². The number of halogens is 1. The number of rotatable bonds is 6. The monoisotopic (exact) mass is 383 g/mol. The first-order chi connectivity index (χ1) is 13.1. The minimum absolute atomic E-state index is 0.0834. The van der Waals surface area contributed by atoms with E-state index in [1.165, 1.54) is 24.1 Å². The topological polar surface area (TPSA) is 88.2 Å². The number of aromatic nitrogens is 3. The maximum atomic E-state index is 14.1. The van der Waals surface area contributed by atoms with Gasteiger partial charge < -0.3 is 9.47 Å². The van der Waals surface area contributed by atoms with Crippen LogP contribution in [0.4, 0.5) is 4.39 Å². The number of H-pyrrole nitrogens is 1. The van der Waals surface area contributed by atoms with Crippen LogP contribution in [0, 0.1) is 21.9 Å². The van der Waals surface area contributed by atoms with Crippen molar-refractivity contribution in [3.63, 3.8) is 0 Å². The highest BCUT2D eigenvalue weighted by atomic mass is 32.1. The van der Waals surface area contributed by atoms with E-state index in [2.05, 4.69) is 15.3 Å². The maximum absolute atomic E-state index is 14.1. The lowest BCUT2D eigenvalue weighted by atomic mass is 10.2. The number of hydrogen-bond acceptors (Lipinski definition) is 6. The molecule has 0 atom stereocenters. The first kappa shape index (κ1) is 18.3. The van der Waals surface area contributed by atoms with Crippen molar-refractivity contribution in [1.82, 2.24) is 14.9 Å². The molecule has 1 heterocycles. The van der Waals surface area contributed by atoms with Gasteiger partial charge in [-0.2, -0.15) is 20.1 Å². The lowest BCUT2D eigenvalue weighted by Gasteiger charge is -2.08. The molecule has 0 saturated carbocycles. The van der Waals surface area contributed by atoms with Crippen LogP contribution in [0.3, 0.4) is 0 Å². The number of aromatic amines is 1. The van der Waals surface area contributed by atoms with E-state index < -0.39 is 5.82 Å². The molecule has 0 bridgehead atoms. The van der Waals surface area contributed by atoms with Crippen molar-refractivity contribution in [1.29, 1.82) is 5.26 Å². The molecule has 0 saturated heterocycles. The number of methoxy groups -OCH3 is 1. The second kappa shape index (κ2) is 8.25. The summed E-state index contributed by atoms with van der Waals surface area (Å²) in [6, 6.07) is 13.2. The van der Waals surface area contributed by atoms with Crippen molar-refractivity contribution in [3.8, 4) is 29.0 Å². The molecule has 0 aliphatic heterocycles. The van der Waals surface area contributed by atoms with Gasteiger partial charge in [-0.15, -0.1) is 0 Å². The van der Waals surface area contributed by atoms with Crippen molar-refractivity contribution in [2.24, 2.45) is 5.10 Å². The molecule has 0 unspecified atom stereocenters. The number of nitrogens with one attached hydrogen (secondary N) is 1. The molecule has 3 aromatic rings. The number of benzene rings is 2. The van der Waals surface area contributed by atoms with Gasteiger partial charge in [0.2, 0.25) is 4.77 Å². The molecule has 0 aliphatic carbocycles. The Morgan fingerprint density at radius 2 is 2.15 bits per heavy atom. The molecule has 9 heteroatoms. The number of hydrogen-bond donors (Lipinski definition) is 1. The summed E-state index contributed by atoms with van der Waals surface area (Å²) in [5, 5.41) is 19.6. The number of ether oxygens (including phenoxy) is 2. The van der Waals surface area contributed by atoms with E-state index in [4.69, 9.17) is 27.0 Å². The van der Waals surface area contributed by atoms with Gasteiger partial charge in [-0.05, 0) is 48.1 Å². The predicted octanol–water partition coefficient (Wildman–Crippen LogP) is 3.54. The first-order valence-electron chi connectivity index (χ1n) is 7.78. The van der Waals surface area contributed by atoms with Gasteiger partial charge in [-0.3, -0.25) is 0 Å². The average molecular weight is 383 g/mol. The molecule has 0 amide bonds. The standard InChI is InChI=1S/C18H14FN5O2S/c1-25-16-10-12(6-7-15(16)26-9-8-20)11-21-24-17(22-23-18(24)27)13-4-2-3-5-14(13)19/h2-7,10-11H,9H2,1H3,(H,23,27)/b21-11-. The van der Waals surface area contributed by atoms with E-state index in [1.54, 1.807) is 36.4 Å². The molecule has 0 radical (unpaired) electrons. The first-order valence-corrected chi connectivity index (χ1v) is 8.19. The second-order valence-corrected chi connectivity index (χ2v) is 5.63. The number of nitriles is 1. The van der Waals surface area contributed by atoms with Crippen LogP contribution in [0.25, 0.3) is 11.4 Å². The molecule has 2 aromatic carbocycles. The van der Waals surface area contributed by atoms with Crippen LogP contribution < -0.4 is 9.47 Å². The molecule has 1 aromatic heterocycles. The molecular formula is C18H14FN5O2S. The largest absolute Gasteiger partial charge is 0.493 e. The van der Waals surface area contributed by atoms with Gasteiger partial charge in [0, 0.05) is 0 Å².